The molecule has 6 nitrogen and oxygen atoms in total. The van der Waals surface area contributed by atoms with Gasteiger partial charge in [-0.2, -0.15) is 0 Å². The largest absolute Gasteiger partial charge is 0.443 e. The smallest absolute Gasteiger partial charge is 0.376 e. The van der Waals surface area contributed by atoms with E-state index in [1.165, 1.54) is 0 Å². The third-order valence-electron chi connectivity index (χ3n) is 2.17. The van der Waals surface area contributed by atoms with E-state index in [9.17, 15) is 14.4 Å². The van der Waals surface area contributed by atoms with Gasteiger partial charge in [-0.3, -0.25) is 15.0 Å². The van der Waals surface area contributed by atoms with Crippen LogP contribution in [0.5, 0.6) is 0 Å². The number of benzene rings is 1. The van der Waals surface area contributed by atoms with Crippen LogP contribution in [-0.4, -0.2) is 31.3 Å². The molecule has 102 valence electrons. The number of ketones is 2. The molecule has 2 N–H and O–H groups in total. The summed E-state index contributed by atoms with van der Waals surface area (Å²) < 4.78 is 5.41. The lowest BCUT2D eigenvalue weighted by atomic mass is 10.1. The molecule has 0 radical (unpaired) electrons. The molecule has 0 unspecified atom stereocenters. The van der Waals surface area contributed by atoms with Crippen molar-refractivity contribution in [2.75, 3.05) is 13.8 Å². The summed E-state index contributed by atoms with van der Waals surface area (Å²) in [5, 5.41) is 0. The van der Waals surface area contributed by atoms with Gasteiger partial charge in [0.05, 0.1) is 6.42 Å². The molecule has 0 aromatic heterocycles. The Morgan fingerprint density at radius 1 is 1.21 bits per heavy atom. The van der Waals surface area contributed by atoms with Gasteiger partial charge in [0, 0.05) is 10.0 Å². The number of hydrogen-bond acceptors (Lipinski definition) is 6. The predicted octanol–water partition coefficient (Wildman–Crippen LogP) is 0.816. The van der Waals surface area contributed by atoms with Crippen molar-refractivity contribution < 1.29 is 19.1 Å². The van der Waals surface area contributed by atoms with Gasteiger partial charge in [-0.05, 0) is 19.2 Å². The van der Waals surface area contributed by atoms with Crippen LogP contribution in [0, 0.1) is 0 Å². The molecule has 0 saturated carbocycles. The van der Waals surface area contributed by atoms with Crippen molar-refractivity contribution in [3.05, 3.63) is 34.3 Å². The molecule has 0 fully saturated rings. The van der Waals surface area contributed by atoms with Crippen LogP contribution in [0.2, 0.25) is 0 Å². The second-order valence-electron chi connectivity index (χ2n) is 3.53. The number of ether oxygens (including phenoxy) is 1. The summed E-state index contributed by atoms with van der Waals surface area (Å²) in [5.74, 6) is -2.32. The Bertz CT molecular complexity index is 473. The highest BCUT2D eigenvalue weighted by atomic mass is 79.9. The Morgan fingerprint density at radius 2 is 1.84 bits per heavy atom. The van der Waals surface area contributed by atoms with Crippen LogP contribution < -0.4 is 10.9 Å². The number of Topliss-reactive ketones (excluding diaryl/α,β-unsaturated/α-hetero) is 2. The Labute approximate surface area is 118 Å². The summed E-state index contributed by atoms with van der Waals surface area (Å²) in [5.41, 5.74) is 5.39. The number of nitrogens with one attached hydrogen (secondary N) is 2. The van der Waals surface area contributed by atoms with E-state index < -0.39 is 24.0 Å². The van der Waals surface area contributed by atoms with E-state index in [0.717, 1.165) is 4.47 Å². The molecule has 1 aromatic carbocycles. The first-order valence-corrected chi connectivity index (χ1v) is 6.22. The molecule has 0 bridgehead atoms. The summed E-state index contributed by atoms with van der Waals surface area (Å²) in [7, 11) is 1.59. The lowest BCUT2D eigenvalue weighted by Gasteiger charge is -2.04. The van der Waals surface area contributed by atoms with Crippen LogP contribution >= 0.6 is 15.9 Å². The van der Waals surface area contributed by atoms with Crippen molar-refractivity contribution >= 4 is 33.5 Å². The van der Waals surface area contributed by atoms with E-state index in [2.05, 4.69) is 31.5 Å². The number of hydrogen-bond donors (Lipinski definition) is 2. The number of esters is 1. The minimum absolute atomic E-state index is 0.145. The maximum atomic E-state index is 11.7. The highest BCUT2D eigenvalue weighted by molar-refractivity contribution is 9.10. The zero-order valence-electron chi connectivity index (χ0n) is 10.2. The fourth-order valence-electron chi connectivity index (χ4n) is 1.21. The van der Waals surface area contributed by atoms with Crippen molar-refractivity contribution in [2.24, 2.45) is 0 Å². The lowest BCUT2D eigenvalue weighted by molar-refractivity contribution is -0.154. The first-order valence-electron chi connectivity index (χ1n) is 5.43. The predicted molar refractivity (Wildman–Crippen MR) is 71.3 cm³/mol. The molecule has 0 atom stereocenters. The number of carbonyl (C=O) groups excluding carboxylic acids is 3. The maximum Gasteiger partial charge on any atom is 0.376 e. The van der Waals surface area contributed by atoms with Crippen LogP contribution in [0.3, 0.4) is 0 Å². The number of rotatable bonds is 7. The third kappa shape index (κ3) is 5.29. The van der Waals surface area contributed by atoms with Gasteiger partial charge in [-0.25, -0.2) is 10.2 Å². The van der Waals surface area contributed by atoms with Crippen LogP contribution in [-0.2, 0) is 14.3 Å². The molecule has 19 heavy (non-hydrogen) atoms. The van der Waals surface area contributed by atoms with Gasteiger partial charge >= 0.3 is 5.97 Å². The number of halogens is 1. The van der Waals surface area contributed by atoms with Gasteiger partial charge in [0.2, 0.25) is 5.78 Å². The Morgan fingerprint density at radius 3 is 2.42 bits per heavy atom. The Hall–Kier alpha value is -1.57. The Kier molecular flexibility index (Phi) is 6.34. The molecular formula is C12H13BrN2O4. The molecule has 0 aliphatic rings. The number of carbonyl (C=O) groups is 3. The van der Waals surface area contributed by atoms with E-state index in [-0.39, 0.29) is 6.73 Å². The summed E-state index contributed by atoms with van der Waals surface area (Å²) >= 11 is 3.24. The van der Waals surface area contributed by atoms with E-state index >= 15 is 0 Å². The van der Waals surface area contributed by atoms with Crippen LogP contribution in [0.15, 0.2) is 28.7 Å². The van der Waals surface area contributed by atoms with Gasteiger partial charge in [0.1, 0.15) is 0 Å². The van der Waals surface area contributed by atoms with E-state index in [1.807, 2.05) is 0 Å². The van der Waals surface area contributed by atoms with E-state index in [4.69, 9.17) is 0 Å². The minimum atomic E-state index is -1.03. The van der Waals surface area contributed by atoms with Crippen molar-refractivity contribution in [2.45, 2.75) is 6.42 Å². The van der Waals surface area contributed by atoms with Crippen LogP contribution in [0.25, 0.3) is 0 Å². The van der Waals surface area contributed by atoms with E-state index in [1.54, 1.807) is 31.3 Å². The first-order chi connectivity index (χ1) is 9.04. The van der Waals surface area contributed by atoms with Crippen molar-refractivity contribution in [3.63, 3.8) is 0 Å². The first kappa shape index (κ1) is 15.5. The van der Waals surface area contributed by atoms with E-state index in [0.29, 0.717) is 5.56 Å². The molecule has 0 aliphatic carbocycles. The average molecular weight is 329 g/mol. The average Bonchev–Trinajstić information content (AvgIpc) is 2.39. The summed E-state index contributed by atoms with van der Waals surface area (Å²) in [4.78, 5) is 34.4. The fourth-order valence-corrected chi connectivity index (χ4v) is 1.47. The highest BCUT2D eigenvalue weighted by Crippen LogP contribution is 2.12. The number of hydrazine groups is 1. The normalized spacial score (nSPS) is 10.0. The van der Waals surface area contributed by atoms with Crippen molar-refractivity contribution in [1.82, 2.24) is 10.9 Å². The minimum Gasteiger partial charge on any atom is -0.443 e. The molecule has 0 amide bonds. The zero-order valence-corrected chi connectivity index (χ0v) is 11.8. The third-order valence-corrected chi connectivity index (χ3v) is 2.70. The molecule has 7 heteroatoms. The second-order valence-corrected chi connectivity index (χ2v) is 4.45. The molecular weight excluding hydrogens is 316 g/mol. The molecule has 1 rings (SSSR count). The second kappa shape index (κ2) is 7.78. The molecule has 0 aliphatic heterocycles. The van der Waals surface area contributed by atoms with Gasteiger partial charge in [0.25, 0.3) is 0 Å². The summed E-state index contributed by atoms with van der Waals surface area (Å²) in [6, 6.07) is 6.53. The topological polar surface area (TPSA) is 84.5 Å². The van der Waals surface area contributed by atoms with Gasteiger partial charge in [-0.1, -0.05) is 28.1 Å². The molecule has 0 heterocycles. The molecule has 0 spiro atoms. The van der Waals surface area contributed by atoms with Gasteiger partial charge in [0.15, 0.2) is 12.5 Å². The highest BCUT2D eigenvalue weighted by Gasteiger charge is 2.20. The monoisotopic (exact) mass is 328 g/mol. The quantitative estimate of drug-likeness (QED) is 0.147. The lowest BCUT2D eigenvalue weighted by Crippen LogP contribution is -2.33. The van der Waals surface area contributed by atoms with Crippen LogP contribution in [0.4, 0.5) is 0 Å². The molecule has 1 aromatic rings. The standard InChI is InChI=1S/C12H13BrN2O4/c1-14-15-7-19-12(18)11(17)6-10(16)8-2-4-9(13)5-3-8/h2-5,14-15H,6-7H2,1H3. The maximum absolute atomic E-state index is 11.7. The van der Waals surface area contributed by atoms with Gasteiger partial charge < -0.3 is 4.74 Å². The van der Waals surface area contributed by atoms with Gasteiger partial charge in [-0.15, -0.1) is 0 Å². The molecule has 0 saturated heterocycles. The van der Waals surface area contributed by atoms with Crippen molar-refractivity contribution in [3.8, 4) is 0 Å². The van der Waals surface area contributed by atoms with Crippen LogP contribution in [0.1, 0.15) is 16.8 Å². The zero-order chi connectivity index (χ0) is 14.3. The fraction of sp³-hybridized carbons (Fsp3) is 0.250. The SMILES string of the molecule is CNNCOC(=O)C(=O)CC(=O)c1ccc(Br)cc1. The summed E-state index contributed by atoms with van der Waals surface area (Å²) in [6.45, 7) is -0.145. The van der Waals surface area contributed by atoms with Crippen molar-refractivity contribution in [1.29, 1.82) is 0 Å². The summed E-state index contributed by atoms with van der Waals surface area (Å²) in [6.07, 6.45) is -0.500. The Balaban J connectivity index is 2.49.